The van der Waals surface area contributed by atoms with Crippen molar-refractivity contribution in [3.8, 4) is 0 Å². The third kappa shape index (κ3) is 3.12. The van der Waals surface area contributed by atoms with Gasteiger partial charge in [0.05, 0.1) is 10.9 Å². The van der Waals surface area contributed by atoms with Gasteiger partial charge in [-0.25, -0.2) is 9.66 Å². The summed E-state index contributed by atoms with van der Waals surface area (Å²) in [5.41, 5.74) is 3.03. The third-order valence-corrected chi connectivity index (χ3v) is 4.17. The minimum absolute atomic E-state index is 0.124. The van der Waals surface area contributed by atoms with Crippen molar-refractivity contribution in [3.63, 3.8) is 0 Å². The highest BCUT2D eigenvalue weighted by atomic mass is 16.2. The Morgan fingerprint density at radius 3 is 2.86 bits per heavy atom. The second-order valence-corrected chi connectivity index (χ2v) is 5.66. The summed E-state index contributed by atoms with van der Waals surface area (Å²) in [6, 6.07) is 7.12. The fourth-order valence-corrected chi connectivity index (χ4v) is 2.97. The van der Waals surface area contributed by atoms with Gasteiger partial charge in [-0.2, -0.15) is 0 Å². The van der Waals surface area contributed by atoms with Gasteiger partial charge in [0.2, 0.25) is 5.91 Å². The lowest BCUT2D eigenvalue weighted by molar-refractivity contribution is -0.117. The molecule has 0 bridgehead atoms. The number of hydrogen-bond donors (Lipinski definition) is 1. The summed E-state index contributed by atoms with van der Waals surface area (Å²) < 4.78 is 1.18. The number of hydrogen-bond acceptors (Lipinski definition) is 3. The molecule has 5 nitrogen and oxygen atoms in total. The van der Waals surface area contributed by atoms with E-state index in [1.807, 2.05) is 6.07 Å². The molecule has 1 aromatic carbocycles. The van der Waals surface area contributed by atoms with Crippen LogP contribution in [0.25, 0.3) is 10.9 Å². The van der Waals surface area contributed by atoms with E-state index in [9.17, 15) is 9.59 Å². The number of rotatable bonds is 4. The number of amides is 1. The molecule has 0 aliphatic heterocycles. The van der Waals surface area contributed by atoms with Gasteiger partial charge < -0.3 is 0 Å². The molecule has 1 amide bonds. The van der Waals surface area contributed by atoms with E-state index in [1.54, 1.807) is 18.2 Å². The van der Waals surface area contributed by atoms with Crippen molar-refractivity contribution < 1.29 is 4.79 Å². The zero-order valence-electron chi connectivity index (χ0n) is 11.9. The number of para-hydroxylation sites is 1. The van der Waals surface area contributed by atoms with Crippen LogP contribution < -0.4 is 11.0 Å². The van der Waals surface area contributed by atoms with Crippen molar-refractivity contribution in [2.45, 2.75) is 38.5 Å². The van der Waals surface area contributed by atoms with E-state index in [0.717, 1.165) is 6.42 Å². The fraction of sp³-hybridized carbons (Fsp3) is 0.438. The van der Waals surface area contributed by atoms with Gasteiger partial charge in [0.1, 0.15) is 6.33 Å². The minimum Gasteiger partial charge on any atom is -0.273 e. The summed E-state index contributed by atoms with van der Waals surface area (Å²) >= 11 is 0. The molecular formula is C16H19N3O2. The summed E-state index contributed by atoms with van der Waals surface area (Å²) in [6.45, 7) is 0. The Kier molecular flexibility index (Phi) is 3.99. The molecule has 0 saturated heterocycles. The van der Waals surface area contributed by atoms with Crippen LogP contribution in [-0.2, 0) is 4.79 Å². The van der Waals surface area contributed by atoms with Crippen LogP contribution in [0.1, 0.15) is 38.5 Å². The van der Waals surface area contributed by atoms with Gasteiger partial charge in [-0.1, -0.05) is 37.8 Å². The van der Waals surface area contributed by atoms with Gasteiger partial charge in [0.15, 0.2) is 0 Å². The van der Waals surface area contributed by atoms with Crippen molar-refractivity contribution in [2.75, 3.05) is 5.43 Å². The third-order valence-electron chi connectivity index (χ3n) is 4.17. The highest BCUT2D eigenvalue weighted by molar-refractivity contribution is 5.84. The van der Waals surface area contributed by atoms with Crippen molar-refractivity contribution in [3.05, 3.63) is 40.9 Å². The first-order chi connectivity index (χ1) is 10.2. The molecule has 1 N–H and O–H groups in total. The zero-order chi connectivity index (χ0) is 14.7. The molecule has 1 aliphatic carbocycles. The number of aromatic nitrogens is 2. The second-order valence-electron chi connectivity index (χ2n) is 5.66. The van der Waals surface area contributed by atoms with Gasteiger partial charge >= 0.3 is 0 Å². The van der Waals surface area contributed by atoms with E-state index in [-0.39, 0.29) is 11.5 Å². The Morgan fingerprint density at radius 1 is 1.29 bits per heavy atom. The maximum Gasteiger partial charge on any atom is 0.280 e. The fourth-order valence-electron chi connectivity index (χ4n) is 2.97. The predicted molar refractivity (Wildman–Crippen MR) is 81.6 cm³/mol. The van der Waals surface area contributed by atoms with E-state index >= 15 is 0 Å². The van der Waals surface area contributed by atoms with E-state index < -0.39 is 0 Å². The second kappa shape index (κ2) is 6.08. The molecule has 1 aromatic heterocycles. The Bertz CT molecular complexity index is 702. The molecule has 3 rings (SSSR count). The van der Waals surface area contributed by atoms with Crippen LogP contribution in [0.5, 0.6) is 0 Å². The highest BCUT2D eigenvalue weighted by Gasteiger charge is 2.16. The van der Waals surface area contributed by atoms with E-state index in [2.05, 4.69) is 10.4 Å². The topological polar surface area (TPSA) is 64.0 Å². The summed E-state index contributed by atoms with van der Waals surface area (Å²) in [7, 11) is 0. The zero-order valence-corrected chi connectivity index (χ0v) is 11.9. The van der Waals surface area contributed by atoms with Crippen LogP contribution >= 0.6 is 0 Å². The summed E-state index contributed by atoms with van der Waals surface area (Å²) in [4.78, 5) is 28.4. The summed E-state index contributed by atoms with van der Waals surface area (Å²) in [6.07, 6.45) is 7.75. The molecular weight excluding hydrogens is 266 g/mol. The predicted octanol–water partition coefficient (Wildman–Crippen LogP) is 2.44. The van der Waals surface area contributed by atoms with E-state index in [1.165, 1.54) is 36.7 Å². The van der Waals surface area contributed by atoms with Gasteiger partial charge in [-0.15, -0.1) is 0 Å². The average Bonchev–Trinajstić information content (AvgIpc) is 3.02. The van der Waals surface area contributed by atoms with Crippen LogP contribution in [0.4, 0.5) is 0 Å². The number of nitrogens with one attached hydrogen (secondary N) is 1. The molecule has 0 radical (unpaired) electrons. The van der Waals surface area contributed by atoms with Crippen LogP contribution in [0.2, 0.25) is 0 Å². The number of carbonyl (C=O) groups excluding carboxylic acids is 1. The molecule has 0 atom stereocenters. The first-order valence-corrected chi connectivity index (χ1v) is 7.50. The molecule has 2 aromatic rings. The Hall–Kier alpha value is -2.17. The maximum atomic E-state index is 12.2. The lowest BCUT2D eigenvalue weighted by atomic mass is 10.0. The summed E-state index contributed by atoms with van der Waals surface area (Å²) in [5.74, 6) is 0.545. The smallest absolute Gasteiger partial charge is 0.273 e. The summed E-state index contributed by atoms with van der Waals surface area (Å²) in [5, 5.41) is 0.510. The first-order valence-electron chi connectivity index (χ1n) is 7.50. The number of nitrogens with zero attached hydrogens (tertiary/aromatic N) is 2. The minimum atomic E-state index is -0.241. The molecule has 1 aliphatic rings. The maximum absolute atomic E-state index is 12.2. The van der Waals surface area contributed by atoms with Gasteiger partial charge in [-0.3, -0.25) is 15.0 Å². The average molecular weight is 285 g/mol. The lowest BCUT2D eigenvalue weighted by Crippen LogP contribution is -2.33. The number of carbonyl (C=O) groups is 1. The first kappa shape index (κ1) is 13.8. The number of fused-ring (bicyclic) bond motifs is 1. The Balaban J connectivity index is 1.68. The van der Waals surface area contributed by atoms with Crippen LogP contribution in [0.3, 0.4) is 0 Å². The van der Waals surface area contributed by atoms with E-state index in [4.69, 9.17) is 0 Å². The monoisotopic (exact) mass is 285 g/mol. The quantitative estimate of drug-likeness (QED) is 0.938. The van der Waals surface area contributed by atoms with Crippen LogP contribution in [0, 0.1) is 5.92 Å². The normalized spacial score (nSPS) is 15.4. The van der Waals surface area contributed by atoms with E-state index in [0.29, 0.717) is 23.2 Å². The SMILES string of the molecule is O=C(CCC1CCCC1)Nn1cnc2ccccc2c1=O. The standard InChI is InChI=1S/C16H19N3O2/c20-15(10-9-12-5-1-2-6-12)18-19-11-17-14-8-4-3-7-13(14)16(19)21/h3-4,7-8,11-12H,1-2,5-6,9-10H2,(H,18,20). The molecule has 110 valence electrons. The molecule has 21 heavy (non-hydrogen) atoms. The van der Waals surface area contributed by atoms with Gasteiger partial charge in [-0.05, 0) is 24.5 Å². The Morgan fingerprint density at radius 2 is 2.05 bits per heavy atom. The Labute approximate surface area is 123 Å². The molecule has 5 heteroatoms. The van der Waals surface area contributed by atoms with Crippen molar-refractivity contribution >= 4 is 16.8 Å². The van der Waals surface area contributed by atoms with Gasteiger partial charge in [0.25, 0.3) is 5.56 Å². The van der Waals surface area contributed by atoms with Crippen molar-refractivity contribution in [2.24, 2.45) is 5.92 Å². The van der Waals surface area contributed by atoms with Gasteiger partial charge in [0, 0.05) is 6.42 Å². The number of benzene rings is 1. The molecule has 1 heterocycles. The lowest BCUT2D eigenvalue weighted by Gasteiger charge is -2.10. The molecule has 0 spiro atoms. The van der Waals surface area contributed by atoms with Crippen molar-refractivity contribution in [1.82, 2.24) is 9.66 Å². The molecule has 0 unspecified atom stereocenters. The van der Waals surface area contributed by atoms with Crippen LogP contribution in [-0.4, -0.2) is 15.6 Å². The largest absolute Gasteiger partial charge is 0.280 e. The highest BCUT2D eigenvalue weighted by Crippen LogP contribution is 2.28. The van der Waals surface area contributed by atoms with Crippen molar-refractivity contribution in [1.29, 1.82) is 0 Å². The molecule has 1 saturated carbocycles. The van der Waals surface area contributed by atoms with Crippen LogP contribution in [0.15, 0.2) is 35.4 Å². The molecule has 1 fully saturated rings.